The topological polar surface area (TPSA) is 20.2 Å². The molecule has 3 heteroatoms. The summed E-state index contributed by atoms with van der Waals surface area (Å²) in [6.07, 6.45) is -0.201. The van der Waals surface area contributed by atoms with E-state index >= 15 is 0 Å². The summed E-state index contributed by atoms with van der Waals surface area (Å²) in [5.74, 6) is 4.91. The highest BCUT2D eigenvalue weighted by Crippen LogP contribution is 1.99. The third-order valence-electron chi connectivity index (χ3n) is 1.19. The van der Waals surface area contributed by atoms with Crippen molar-refractivity contribution in [1.82, 2.24) is 0 Å². The van der Waals surface area contributed by atoms with Crippen LogP contribution in [0.2, 0.25) is 0 Å². The van der Waals surface area contributed by atoms with Crippen LogP contribution < -0.4 is 0 Å². The maximum atomic E-state index is 11.5. The van der Waals surface area contributed by atoms with Gasteiger partial charge in [-0.2, -0.15) is 8.78 Å². The molecule has 0 aromatic rings. The summed E-state index contributed by atoms with van der Waals surface area (Å²) in [6, 6.07) is 0. The summed E-state index contributed by atoms with van der Waals surface area (Å²) >= 11 is 0. The van der Waals surface area contributed by atoms with Crippen LogP contribution >= 0.6 is 0 Å². The van der Waals surface area contributed by atoms with E-state index in [1.54, 1.807) is 0 Å². The quantitative estimate of drug-likeness (QED) is 0.514. The van der Waals surface area contributed by atoms with E-state index in [1.807, 2.05) is 6.92 Å². The summed E-state index contributed by atoms with van der Waals surface area (Å²) < 4.78 is 23.0. The minimum atomic E-state index is -1.90. The molecule has 0 amide bonds. The number of hydrogen-bond acceptors (Lipinski definition) is 1. The van der Waals surface area contributed by atoms with Crippen LogP contribution in [0.1, 0.15) is 26.2 Å². The fourth-order valence-corrected chi connectivity index (χ4v) is 0.603. The van der Waals surface area contributed by atoms with Crippen molar-refractivity contribution in [1.29, 1.82) is 0 Å². The van der Waals surface area contributed by atoms with E-state index in [4.69, 9.17) is 5.11 Å². The second-order valence-electron chi connectivity index (χ2n) is 2.33. The lowest BCUT2D eigenvalue weighted by molar-refractivity contribution is 0.270. The lowest BCUT2D eigenvalue weighted by Gasteiger charge is -1.91. The SMILES string of the molecule is CCCCC#CC(O)C=C(F)F. The van der Waals surface area contributed by atoms with Gasteiger partial charge in [0.15, 0.2) is 0 Å². The largest absolute Gasteiger partial charge is 0.376 e. The first-order valence-electron chi connectivity index (χ1n) is 3.86. The van der Waals surface area contributed by atoms with Gasteiger partial charge in [-0.15, -0.1) is 5.92 Å². The number of aliphatic hydroxyl groups is 1. The minimum absolute atomic E-state index is 0.430. The molecule has 0 saturated heterocycles. The van der Waals surface area contributed by atoms with E-state index < -0.39 is 12.2 Å². The fraction of sp³-hybridized carbons (Fsp3) is 0.556. The molecule has 0 bridgehead atoms. The van der Waals surface area contributed by atoms with Gasteiger partial charge in [-0.1, -0.05) is 19.3 Å². The van der Waals surface area contributed by atoms with Crippen LogP contribution in [0.4, 0.5) is 8.78 Å². The molecule has 12 heavy (non-hydrogen) atoms. The summed E-state index contributed by atoms with van der Waals surface area (Å²) in [7, 11) is 0. The predicted octanol–water partition coefficient (Wildman–Crippen LogP) is 2.32. The van der Waals surface area contributed by atoms with Gasteiger partial charge in [0.25, 0.3) is 6.08 Å². The van der Waals surface area contributed by atoms with Gasteiger partial charge >= 0.3 is 0 Å². The second kappa shape index (κ2) is 6.81. The molecule has 0 heterocycles. The van der Waals surface area contributed by atoms with Crippen LogP contribution in [-0.2, 0) is 0 Å². The first-order chi connectivity index (χ1) is 5.66. The minimum Gasteiger partial charge on any atom is -0.376 e. The number of hydrogen-bond donors (Lipinski definition) is 1. The average Bonchev–Trinajstić information content (AvgIpc) is 1.97. The zero-order chi connectivity index (χ0) is 9.40. The van der Waals surface area contributed by atoms with Crippen molar-refractivity contribution in [3.8, 4) is 11.8 Å². The molecule has 1 unspecified atom stereocenters. The summed E-state index contributed by atoms with van der Waals surface area (Å²) in [6.45, 7) is 2.01. The van der Waals surface area contributed by atoms with E-state index in [-0.39, 0.29) is 0 Å². The second-order valence-corrected chi connectivity index (χ2v) is 2.33. The highest BCUT2D eigenvalue weighted by molar-refractivity contribution is 5.12. The van der Waals surface area contributed by atoms with Crippen LogP contribution in [0, 0.1) is 11.8 Å². The molecule has 68 valence electrons. The Morgan fingerprint density at radius 1 is 1.58 bits per heavy atom. The van der Waals surface area contributed by atoms with Crippen molar-refractivity contribution in [3.63, 3.8) is 0 Å². The van der Waals surface area contributed by atoms with Crippen LogP contribution in [0.15, 0.2) is 12.2 Å². The maximum absolute atomic E-state index is 11.5. The molecule has 0 aromatic carbocycles. The highest BCUT2D eigenvalue weighted by Gasteiger charge is 1.95. The van der Waals surface area contributed by atoms with Crippen molar-refractivity contribution in [2.45, 2.75) is 32.3 Å². The lowest BCUT2D eigenvalue weighted by atomic mass is 10.2. The Bertz CT molecular complexity index is 196. The van der Waals surface area contributed by atoms with Gasteiger partial charge in [0.05, 0.1) is 0 Å². The lowest BCUT2D eigenvalue weighted by Crippen LogP contribution is -1.96. The van der Waals surface area contributed by atoms with Crippen molar-refractivity contribution in [3.05, 3.63) is 12.2 Å². The van der Waals surface area contributed by atoms with Crippen molar-refractivity contribution in [2.75, 3.05) is 0 Å². The molecule has 0 aliphatic carbocycles. The number of halogens is 2. The molecule has 0 spiro atoms. The Balaban J connectivity index is 3.72. The van der Waals surface area contributed by atoms with E-state index in [0.29, 0.717) is 12.5 Å². The fourth-order valence-electron chi connectivity index (χ4n) is 0.603. The number of aliphatic hydroxyl groups excluding tert-OH is 1. The molecule has 0 aliphatic heterocycles. The highest BCUT2D eigenvalue weighted by atomic mass is 19.3. The maximum Gasteiger partial charge on any atom is 0.269 e. The van der Waals surface area contributed by atoms with E-state index in [2.05, 4.69) is 11.8 Å². The van der Waals surface area contributed by atoms with Gasteiger partial charge in [0.1, 0.15) is 6.10 Å². The van der Waals surface area contributed by atoms with E-state index in [9.17, 15) is 8.78 Å². The normalized spacial score (nSPS) is 11.3. The molecule has 0 aliphatic rings. The molecule has 0 rings (SSSR count). The van der Waals surface area contributed by atoms with Crippen molar-refractivity contribution < 1.29 is 13.9 Å². The average molecular weight is 174 g/mol. The van der Waals surface area contributed by atoms with Gasteiger partial charge in [-0.3, -0.25) is 0 Å². The van der Waals surface area contributed by atoms with Gasteiger partial charge < -0.3 is 5.11 Å². The Kier molecular flexibility index (Phi) is 6.31. The molecule has 0 saturated carbocycles. The van der Waals surface area contributed by atoms with Crippen molar-refractivity contribution in [2.24, 2.45) is 0 Å². The standard InChI is InChI=1S/C9H12F2O/c1-2-3-4-5-6-8(12)7-9(10)11/h7-8,12H,2-4H2,1H3. The third-order valence-corrected chi connectivity index (χ3v) is 1.19. The van der Waals surface area contributed by atoms with Crippen LogP contribution in [0.3, 0.4) is 0 Å². The molecule has 1 atom stereocenters. The smallest absolute Gasteiger partial charge is 0.269 e. The zero-order valence-corrected chi connectivity index (χ0v) is 6.98. The molecular formula is C9H12F2O. The van der Waals surface area contributed by atoms with Gasteiger partial charge in [-0.05, 0) is 6.42 Å². The Hall–Kier alpha value is -0.880. The molecule has 1 nitrogen and oxygen atoms in total. The van der Waals surface area contributed by atoms with Crippen LogP contribution in [0.5, 0.6) is 0 Å². The van der Waals surface area contributed by atoms with E-state index in [1.165, 1.54) is 0 Å². The van der Waals surface area contributed by atoms with Gasteiger partial charge in [0.2, 0.25) is 0 Å². The molecule has 0 aromatic heterocycles. The summed E-state index contributed by atoms with van der Waals surface area (Å²) in [5.41, 5.74) is 0. The molecule has 1 N–H and O–H groups in total. The van der Waals surface area contributed by atoms with Gasteiger partial charge in [-0.25, -0.2) is 0 Å². The number of rotatable bonds is 3. The van der Waals surface area contributed by atoms with Crippen molar-refractivity contribution >= 4 is 0 Å². The Morgan fingerprint density at radius 3 is 2.75 bits per heavy atom. The summed E-state index contributed by atoms with van der Waals surface area (Å²) in [5, 5.41) is 8.79. The molecular weight excluding hydrogens is 162 g/mol. The monoisotopic (exact) mass is 174 g/mol. The predicted molar refractivity (Wildman–Crippen MR) is 43.6 cm³/mol. The summed E-state index contributed by atoms with van der Waals surface area (Å²) in [4.78, 5) is 0. The zero-order valence-electron chi connectivity index (χ0n) is 6.98. The van der Waals surface area contributed by atoms with Crippen LogP contribution in [0.25, 0.3) is 0 Å². The van der Waals surface area contributed by atoms with Gasteiger partial charge in [0, 0.05) is 12.5 Å². The Morgan fingerprint density at radius 2 is 2.25 bits per heavy atom. The number of unbranched alkanes of at least 4 members (excludes halogenated alkanes) is 2. The molecule has 0 fully saturated rings. The van der Waals surface area contributed by atoms with E-state index in [0.717, 1.165) is 12.8 Å². The van der Waals surface area contributed by atoms with Crippen LogP contribution in [-0.4, -0.2) is 11.2 Å². The third kappa shape index (κ3) is 7.23. The first kappa shape index (κ1) is 11.1. The Labute approximate surface area is 71.1 Å². The first-order valence-corrected chi connectivity index (χ1v) is 3.86. The molecule has 0 radical (unpaired) electrons.